The number of rotatable bonds is 3. The Morgan fingerprint density at radius 2 is 1.85 bits per heavy atom. The molecule has 1 aliphatic heterocycles. The number of hydrogen-bond donors (Lipinski definition) is 0. The van der Waals surface area contributed by atoms with Crippen LogP contribution in [-0.2, 0) is 4.79 Å². The van der Waals surface area contributed by atoms with Gasteiger partial charge in [-0.05, 0) is 55.4 Å². The molecule has 0 bridgehead atoms. The van der Waals surface area contributed by atoms with Gasteiger partial charge in [0.05, 0.1) is 0 Å². The molecule has 20 heavy (non-hydrogen) atoms. The molecule has 1 fully saturated rings. The molecule has 106 valence electrons. The quantitative estimate of drug-likeness (QED) is 0.765. The molecule has 1 aromatic carbocycles. The number of piperidine rings is 1. The summed E-state index contributed by atoms with van der Waals surface area (Å²) in [6.45, 7) is 9.53. The number of aryl methyl sites for hydroxylation is 2. The number of hydrogen-bond acceptors (Lipinski definition) is 1. The van der Waals surface area contributed by atoms with Crippen LogP contribution >= 0.6 is 0 Å². The molecular formula is C18H23NO. The molecule has 1 saturated heterocycles. The number of amides is 1. The van der Waals surface area contributed by atoms with E-state index >= 15 is 0 Å². The molecular weight excluding hydrogens is 246 g/mol. The smallest absolute Gasteiger partial charge is 0.245 e. The van der Waals surface area contributed by atoms with Gasteiger partial charge in [0, 0.05) is 13.1 Å². The van der Waals surface area contributed by atoms with Gasteiger partial charge in [0.1, 0.15) is 0 Å². The fourth-order valence-electron chi connectivity index (χ4n) is 2.76. The Morgan fingerprint density at radius 3 is 2.40 bits per heavy atom. The molecule has 0 aromatic heterocycles. The van der Waals surface area contributed by atoms with Crippen molar-refractivity contribution < 1.29 is 4.79 Å². The minimum absolute atomic E-state index is 0.0576. The van der Waals surface area contributed by atoms with Gasteiger partial charge in [-0.15, -0.1) is 0 Å². The SMILES string of the molecule is C=CC(=O)N1CCC(C=Cc2c(C)cccc2C)CC1. The van der Waals surface area contributed by atoms with Crippen LogP contribution in [0.4, 0.5) is 0 Å². The van der Waals surface area contributed by atoms with E-state index in [1.807, 2.05) is 4.90 Å². The van der Waals surface area contributed by atoms with Gasteiger partial charge in [-0.2, -0.15) is 0 Å². The van der Waals surface area contributed by atoms with Crippen LogP contribution in [0.15, 0.2) is 36.9 Å². The van der Waals surface area contributed by atoms with E-state index in [2.05, 4.69) is 50.8 Å². The van der Waals surface area contributed by atoms with Crippen molar-refractivity contribution in [3.05, 3.63) is 53.6 Å². The first-order valence-electron chi connectivity index (χ1n) is 7.27. The minimum Gasteiger partial charge on any atom is -0.339 e. The number of benzene rings is 1. The second-order valence-corrected chi connectivity index (χ2v) is 5.53. The number of allylic oxidation sites excluding steroid dienone is 1. The Bertz CT molecular complexity index is 502. The van der Waals surface area contributed by atoms with Crippen LogP contribution in [0.2, 0.25) is 0 Å². The first kappa shape index (κ1) is 14.6. The maximum atomic E-state index is 11.5. The predicted molar refractivity (Wildman–Crippen MR) is 84.5 cm³/mol. The van der Waals surface area contributed by atoms with Crippen LogP contribution in [0.3, 0.4) is 0 Å². The van der Waals surface area contributed by atoms with Gasteiger partial charge >= 0.3 is 0 Å². The van der Waals surface area contributed by atoms with E-state index in [0.29, 0.717) is 5.92 Å². The third kappa shape index (κ3) is 3.38. The van der Waals surface area contributed by atoms with Gasteiger partial charge in [0.25, 0.3) is 0 Å². The van der Waals surface area contributed by atoms with Crippen molar-refractivity contribution in [1.29, 1.82) is 0 Å². The molecule has 1 amide bonds. The molecule has 0 spiro atoms. The summed E-state index contributed by atoms with van der Waals surface area (Å²) in [5.41, 5.74) is 3.97. The number of likely N-dealkylation sites (tertiary alicyclic amines) is 1. The van der Waals surface area contributed by atoms with Crippen molar-refractivity contribution in [2.45, 2.75) is 26.7 Å². The number of carbonyl (C=O) groups excluding carboxylic acids is 1. The van der Waals surface area contributed by atoms with E-state index in [1.54, 1.807) is 0 Å². The highest BCUT2D eigenvalue weighted by Gasteiger charge is 2.19. The van der Waals surface area contributed by atoms with E-state index in [-0.39, 0.29) is 5.91 Å². The maximum Gasteiger partial charge on any atom is 0.245 e. The summed E-state index contributed by atoms with van der Waals surface area (Å²) >= 11 is 0. The maximum absolute atomic E-state index is 11.5. The van der Waals surface area contributed by atoms with Gasteiger partial charge in [0.2, 0.25) is 5.91 Å². The van der Waals surface area contributed by atoms with Gasteiger partial charge in [-0.3, -0.25) is 4.79 Å². The summed E-state index contributed by atoms with van der Waals surface area (Å²) in [6.07, 6.45) is 8.06. The van der Waals surface area contributed by atoms with Crippen molar-refractivity contribution in [2.24, 2.45) is 5.92 Å². The molecule has 0 aliphatic carbocycles. The Labute approximate surface area is 121 Å². The molecule has 1 aliphatic rings. The van der Waals surface area contributed by atoms with Crippen molar-refractivity contribution in [3.63, 3.8) is 0 Å². The highest BCUT2D eigenvalue weighted by atomic mass is 16.2. The standard InChI is InChI=1S/C18H23NO/c1-4-18(20)19-12-10-16(11-13-19)8-9-17-14(2)6-5-7-15(17)3/h4-9,16H,1,10-13H2,2-3H3. The van der Waals surface area contributed by atoms with Crippen LogP contribution in [0.25, 0.3) is 6.08 Å². The van der Waals surface area contributed by atoms with Crippen LogP contribution in [-0.4, -0.2) is 23.9 Å². The Kier molecular flexibility index (Phi) is 4.78. The van der Waals surface area contributed by atoms with Crippen LogP contribution in [0.5, 0.6) is 0 Å². The molecule has 0 atom stereocenters. The van der Waals surface area contributed by atoms with E-state index in [9.17, 15) is 4.79 Å². The fourth-order valence-corrected chi connectivity index (χ4v) is 2.76. The minimum atomic E-state index is 0.0576. The van der Waals surface area contributed by atoms with Gasteiger partial charge in [-0.25, -0.2) is 0 Å². The lowest BCUT2D eigenvalue weighted by Gasteiger charge is -2.29. The Balaban J connectivity index is 1.97. The first-order valence-corrected chi connectivity index (χ1v) is 7.27. The lowest BCUT2D eigenvalue weighted by Crippen LogP contribution is -2.36. The second-order valence-electron chi connectivity index (χ2n) is 5.53. The molecule has 1 heterocycles. The molecule has 0 saturated carbocycles. The van der Waals surface area contributed by atoms with E-state index < -0.39 is 0 Å². The molecule has 2 heteroatoms. The summed E-state index contributed by atoms with van der Waals surface area (Å²) in [4.78, 5) is 13.4. The fraction of sp³-hybridized carbons (Fsp3) is 0.389. The van der Waals surface area contributed by atoms with Crippen LogP contribution in [0.1, 0.15) is 29.5 Å². The lowest BCUT2D eigenvalue weighted by molar-refractivity contribution is -0.127. The zero-order chi connectivity index (χ0) is 14.5. The van der Waals surface area contributed by atoms with Gasteiger partial charge in [-0.1, -0.05) is 36.9 Å². The highest BCUT2D eigenvalue weighted by Crippen LogP contribution is 2.22. The monoisotopic (exact) mass is 269 g/mol. The first-order chi connectivity index (χ1) is 9.61. The summed E-state index contributed by atoms with van der Waals surface area (Å²) in [5.74, 6) is 0.630. The van der Waals surface area contributed by atoms with Gasteiger partial charge < -0.3 is 4.90 Å². The average Bonchev–Trinajstić information content (AvgIpc) is 2.46. The lowest BCUT2D eigenvalue weighted by atomic mass is 9.94. The summed E-state index contributed by atoms with van der Waals surface area (Å²) in [6, 6.07) is 6.40. The second kappa shape index (κ2) is 6.56. The average molecular weight is 269 g/mol. The van der Waals surface area contributed by atoms with Crippen molar-refractivity contribution in [3.8, 4) is 0 Å². The molecule has 2 nitrogen and oxygen atoms in total. The normalized spacial score (nSPS) is 16.6. The third-order valence-electron chi connectivity index (χ3n) is 4.10. The van der Waals surface area contributed by atoms with Crippen molar-refractivity contribution >= 4 is 12.0 Å². The van der Waals surface area contributed by atoms with E-state index in [1.165, 1.54) is 22.8 Å². The zero-order valence-electron chi connectivity index (χ0n) is 12.4. The number of nitrogens with zero attached hydrogens (tertiary/aromatic N) is 1. The molecule has 0 N–H and O–H groups in total. The largest absolute Gasteiger partial charge is 0.339 e. The van der Waals surface area contributed by atoms with Gasteiger partial charge in [0.15, 0.2) is 0 Å². The Morgan fingerprint density at radius 1 is 1.25 bits per heavy atom. The van der Waals surface area contributed by atoms with E-state index in [4.69, 9.17) is 0 Å². The molecule has 0 unspecified atom stereocenters. The summed E-state index contributed by atoms with van der Waals surface area (Å²) in [5, 5.41) is 0. The summed E-state index contributed by atoms with van der Waals surface area (Å²) in [7, 11) is 0. The van der Waals surface area contributed by atoms with Crippen LogP contribution in [0, 0.1) is 19.8 Å². The third-order valence-corrected chi connectivity index (χ3v) is 4.10. The highest BCUT2D eigenvalue weighted by molar-refractivity contribution is 5.87. The Hall–Kier alpha value is -1.83. The topological polar surface area (TPSA) is 20.3 Å². The molecule has 0 radical (unpaired) electrons. The summed E-state index contributed by atoms with van der Waals surface area (Å²) < 4.78 is 0. The van der Waals surface area contributed by atoms with Crippen LogP contribution < -0.4 is 0 Å². The predicted octanol–water partition coefficient (Wildman–Crippen LogP) is 3.74. The molecule has 2 rings (SSSR count). The molecule has 1 aromatic rings. The zero-order valence-corrected chi connectivity index (χ0v) is 12.4. The van der Waals surface area contributed by atoms with Crippen molar-refractivity contribution in [2.75, 3.05) is 13.1 Å². The van der Waals surface area contributed by atoms with E-state index in [0.717, 1.165) is 25.9 Å². The number of carbonyl (C=O) groups is 1. The van der Waals surface area contributed by atoms with Crippen molar-refractivity contribution in [1.82, 2.24) is 4.90 Å².